The molecule has 2 heterocycles. The van der Waals surface area contributed by atoms with Gasteiger partial charge < -0.3 is 15.8 Å². The van der Waals surface area contributed by atoms with Crippen molar-refractivity contribution in [1.29, 1.82) is 0 Å². The molecule has 0 atom stereocenters. The van der Waals surface area contributed by atoms with Gasteiger partial charge in [0.2, 0.25) is 11.9 Å². The zero-order valence-electron chi connectivity index (χ0n) is 11.7. The van der Waals surface area contributed by atoms with Crippen molar-refractivity contribution in [1.82, 2.24) is 24.7 Å². The third-order valence-corrected chi connectivity index (χ3v) is 2.50. The summed E-state index contributed by atoms with van der Waals surface area (Å²) in [5.41, 5.74) is 5.64. The first kappa shape index (κ1) is 14.7. The van der Waals surface area contributed by atoms with Crippen LogP contribution in [-0.4, -0.2) is 43.9 Å². The molecular formula is C12H17N7O2. The van der Waals surface area contributed by atoms with E-state index in [4.69, 9.17) is 10.5 Å². The highest BCUT2D eigenvalue weighted by atomic mass is 16.5. The predicted octanol–water partition coefficient (Wildman–Crippen LogP) is 0.395. The summed E-state index contributed by atoms with van der Waals surface area (Å²) in [4.78, 5) is 23.4. The SMILES string of the molecule is CCOC(=O)CCCNc1nc(N)nc(-n2cccn2)n1. The smallest absolute Gasteiger partial charge is 0.305 e. The van der Waals surface area contributed by atoms with Crippen LogP contribution in [0.4, 0.5) is 11.9 Å². The van der Waals surface area contributed by atoms with Crippen molar-refractivity contribution in [3.63, 3.8) is 0 Å². The highest BCUT2D eigenvalue weighted by Crippen LogP contribution is 2.06. The van der Waals surface area contributed by atoms with Crippen LogP contribution in [0.5, 0.6) is 0 Å². The van der Waals surface area contributed by atoms with Gasteiger partial charge in [-0.15, -0.1) is 0 Å². The highest BCUT2D eigenvalue weighted by Gasteiger charge is 2.07. The number of nitrogen functional groups attached to an aromatic ring is 1. The molecule has 0 aromatic carbocycles. The summed E-state index contributed by atoms with van der Waals surface area (Å²) in [6, 6.07) is 1.76. The molecule has 0 unspecified atom stereocenters. The van der Waals surface area contributed by atoms with Gasteiger partial charge in [-0.3, -0.25) is 4.79 Å². The Kier molecular flexibility index (Phi) is 5.02. The first-order chi connectivity index (χ1) is 10.2. The average Bonchev–Trinajstić information content (AvgIpc) is 2.97. The largest absolute Gasteiger partial charge is 0.466 e. The Hall–Kier alpha value is -2.71. The van der Waals surface area contributed by atoms with E-state index in [2.05, 4.69) is 25.4 Å². The van der Waals surface area contributed by atoms with E-state index in [0.717, 1.165) is 0 Å². The van der Waals surface area contributed by atoms with Gasteiger partial charge in [-0.05, 0) is 19.4 Å². The van der Waals surface area contributed by atoms with Crippen LogP contribution in [0.15, 0.2) is 18.5 Å². The first-order valence-corrected chi connectivity index (χ1v) is 6.60. The number of nitrogens with one attached hydrogen (secondary N) is 1. The minimum atomic E-state index is -0.216. The van der Waals surface area contributed by atoms with Gasteiger partial charge in [0.1, 0.15) is 0 Å². The lowest BCUT2D eigenvalue weighted by molar-refractivity contribution is -0.143. The van der Waals surface area contributed by atoms with Crippen molar-refractivity contribution in [2.24, 2.45) is 0 Å². The molecule has 0 saturated heterocycles. The van der Waals surface area contributed by atoms with Gasteiger partial charge in [0.05, 0.1) is 6.61 Å². The van der Waals surface area contributed by atoms with Crippen molar-refractivity contribution in [2.75, 3.05) is 24.2 Å². The maximum atomic E-state index is 11.2. The van der Waals surface area contributed by atoms with Crippen LogP contribution in [-0.2, 0) is 9.53 Å². The Labute approximate surface area is 121 Å². The quantitative estimate of drug-likeness (QED) is 0.555. The van der Waals surface area contributed by atoms with Crippen molar-refractivity contribution < 1.29 is 9.53 Å². The van der Waals surface area contributed by atoms with Crippen LogP contribution in [0.1, 0.15) is 19.8 Å². The maximum absolute atomic E-state index is 11.2. The number of esters is 1. The first-order valence-electron chi connectivity index (χ1n) is 6.60. The lowest BCUT2D eigenvalue weighted by atomic mass is 10.3. The van der Waals surface area contributed by atoms with Crippen molar-refractivity contribution in [3.05, 3.63) is 18.5 Å². The number of aromatic nitrogens is 5. The maximum Gasteiger partial charge on any atom is 0.305 e. The Morgan fingerprint density at radius 3 is 3.00 bits per heavy atom. The van der Waals surface area contributed by atoms with Crippen LogP contribution in [0.3, 0.4) is 0 Å². The molecule has 0 aliphatic heterocycles. The van der Waals surface area contributed by atoms with E-state index in [1.807, 2.05) is 0 Å². The molecule has 0 saturated carbocycles. The van der Waals surface area contributed by atoms with Gasteiger partial charge in [0, 0.05) is 25.4 Å². The summed E-state index contributed by atoms with van der Waals surface area (Å²) < 4.78 is 6.33. The Bertz CT molecular complexity index is 585. The summed E-state index contributed by atoms with van der Waals surface area (Å²) in [5.74, 6) is 0.562. The van der Waals surface area contributed by atoms with E-state index in [9.17, 15) is 4.79 Å². The summed E-state index contributed by atoms with van der Waals surface area (Å²) in [6.45, 7) is 2.70. The van der Waals surface area contributed by atoms with Crippen molar-refractivity contribution >= 4 is 17.9 Å². The molecule has 2 aromatic heterocycles. The van der Waals surface area contributed by atoms with E-state index in [1.165, 1.54) is 4.68 Å². The van der Waals surface area contributed by atoms with Crippen molar-refractivity contribution in [2.45, 2.75) is 19.8 Å². The Morgan fingerprint density at radius 1 is 1.43 bits per heavy atom. The summed E-state index contributed by atoms with van der Waals surface area (Å²) >= 11 is 0. The van der Waals surface area contributed by atoms with Crippen LogP contribution in [0.2, 0.25) is 0 Å². The molecule has 0 bridgehead atoms. The summed E-state index contributed by atoms with van der Waals surface area (Å²) in [5, 5.41) is 7.02. The molecule has 21 heavy (non-hydrogen) atoms. The van der Waals surface area contributed by atoms with Crippen LogP contribution in [0.25, 0.3) is 5.95 Å². The van der Waals surface area contributed by atoms with Gasteiger partial charge in [-0.2, -0.15) is 20.1 Å². The lowest BCUT2D eigenvalue weighted by Gasteiger charge is -2.07. The zero-order valence-corrected chi connectivity index (χ0v) is 11.7. The number of carbonyl (C=O) groups is 1. The molecule has 0 radical (unpaired) electrons. The molecule has 9 nitrogen and oxygen atoms in total. The lowest BCUT2D eigenvalue weighted by Crippen LogP contribution is -2.13. The number of hydrogen-bond acceptors (Lipinski definition) is 8. The fourth-order valence-corrected chi connectivity index (χ4v) is 1.62. The molecule has 0 aliphatic rings. The van der Waals surface area contributed by atoms with Gasteiger partial charge in [0.15, 0.2) is 0 Å². The molecular weight excluding hydrogens is 274 g/mol. The zero-order chi connectivity index (χ0) is 15.1. The molecule has 3 N–H and O–H groups in total. The molecule has 0 amide bonds. The molecule has 0 fully saturated rings. The van der Waals surface area contributed by atoms with Gasteiger partial charge in [-0.1, -0.05) is 0 Å². The third kappa shape index (κ3) is 4.41. The minimum absolute atomic E-state index is 0.100. The molecule has 2 aromatic rings. The molecule has 0 aliphatic carbocycles. The van der Waals surface area contributed by atoms with Crippen LogP contribution < -0.4 is 11.1 Å². The Morgan fingerprint density at radius 2 is 2.29 bits per heavy atom. The van der Waals surface area contributed by atoms with Crippen molar-refractivity contribution in [3.8, 4) is 5.95 Å². The van der Waals surface area contributed by atoms with E-state index < -0.39 is 0 Å². The normalized spacial score (nSPS) is 10.3. The van der Waals surface area contributed by atoms with E-state index in [0.29, 0.717) is 37.9 Å². The molecule has 2 rings (SSSR count). The third-order valence-electron chi connectivity index (χ3n) is 2.50. The second-order valence-corrected chi connectivity index (χ2v) is 4.10. The van der Waals surface area contributed by atoms with E-state index in [1.54, 1.807) is 25.4 Å². The molecule has 0 spiro atoms. The summed E-state index contributed by atoms with van der Waals surface area (Å²) in [6.07, 6.45) is 4.28. The average molecular weight is 291 g/mol. The number of anilines is 2. The number of ether oxygens (including phenoxy) is 1. The Balaban J connectivity index is 1.90. The second kappa shape index (κ2) is 7.17. The fraction of sp³-hybridized carbons (Fsp3) is 0.417. The van der Waals surface area contributed by atoms with E-state index >= 15 is 0 Å². The minimum Gasteiger partial charge on any atom is -0.466 e. The monoisotopic (exact) mass is 291 g/mol. The topological polar surface area (TPSA) is 121 Å². The van der Waals surface area contributed by atoms with Gasteiger partial charge in [-0.25, -0.2) is 4.68 Å². The van der Waals surface area contributed by atoms with Crippen LogP contribution >= 0.6 is 0 Å². The number of rotatable bonds is 7. The number of carbonyl (C=O) groups excluding carboxylic acids is 1. The van der Waals surface area contributed by atoms with Gasteiger partial charge >= 0.3 is 5.97 Å². The molecule has 9 heteroatoms. The highest BCUT2D eigenvalue weighted by molar-refractivity contribution is 5.69. The second-order valence-electron chi connectivity index (χ2n) is 4.10. The predicted molar refractivity (Wildman–Crippen MR) is 75.7 cm³/mol. The fourth-order valence-electron chi connectivity index (χ4n) is 1.62. The van der Waals surface area contributed by atoms with E-state index in [-0.39, 0.29) is 11.9 Å². The van der Waals surface area contributed by atoms with Gasteiger partial charge in [0.25, 0.3) is 5.95 Å². The number of hydrogen-bond donors (Lipinski definition) is 2. The summed E-state index contributed by atoms with van der Waals surface area (Å²) in [7, 11) is 0. The standard InChI is InChI=1S/C12H17N7O2/c1-2-21-9(20)5-3-6-14-11-16-10(13)17-12(18-11)19-8-4-7-15-19/h4,7-8H,2-3,5-6H2,1H3,(H3,13,14,16,17,18). The number of nitrogens with zero attached hydrogens (tertiary/aromatic N) is 5. The molecule has 112 valence electrons. The van der Waals surface area contributed by atoms with Crippen LogP contribution in [0, 0.1) is 0 Å². The number of nitrogens with two attached hydrogens (primary N) is 1.